The largest absolute Gasteiger partial charge is 0.486 e. The maximum atomic E-state index is 10.7. The summed E-state index contributed by atoms with van der Waals surface area (Å²) in [4.78, 5) is 10.7. The van der Waals surface area contributed by atoms with Crippen molar-refractivity contribution in [2.45, 2.75) is 6.61 Å². The first-order valence-electron chi connectivity index (χ1n) is 5.23. The van der Waals surface area contributed by atoms with Gasteiger partial charge in [0.05, 0.1) is 16.1 Å². The summed E-state index contributed by atoms with van der Waals surface area (Å²) in [6, 6.07) is 7.99. The first-order valence-corrected chi connectivity index (χ1v) is 5.61. The number of nitrogens with zero attached hydrogens (tertiary/aromatic N) is 1. The molecule has 1 heterocycles. The van der Waals surface area contributed by atoms with Gasteiger partial charge in [-0.25, -0.2) is 4.79 Å². The maximum Gasteiger partial charge on any atom is 0.338 e. The lowest BCUT2D eigenvalue weighted by Crippen LogP contribution is -1.95. The van der Waals surface area contributed by atoms with Crippen LogP contribution in [0.1, 0.15) is 21.7 Å². The normalized spacial score (nSPS) is 9.89. The van der Waals surface area contributed by atoms with Crippen molar-refractivity contribution in [1.82, 2.24) is 0 Å². The van der Waals surface area contributed by atoms with Gasteiger partial charge in [0.15, 0.2) is 0 Å². The highest BCUT2D eigenvalue weighted by atomic mass is 35.5. The van der Waals surface area contributed by atoms with Crippen molar-refractivity contribution in [3.05, 3.63) is 52.4 Å². The molecule has 1 aromatic heterocycles. The number of ether oxygens (including phenoxy) is 1. The minimum absolute atomic E-state index is 0.0662. The molecule has 0 aliphatic carbocycles. The van der Waals surface area contributed by atoms with Crippen LogP contribution >= 0.6 is 11.6 Å². The van der Waals surface area contributed by atoms with E-state index >= 15 is 0 Å². The number of carboxylic acids is 1. The minimum atomic E-state index is -1.06. The van der Waals surface area contributed by atoms with E-state index in [1.165, 1.54) is 12.1 Å². The summed E-state index contributed by atoms with van der Waals surface area (Å²) in [5.41, 5.74) is 0.427. The average molecular weight is 278 g/mol. The lowest BCUT2D eigenvalue weighted by atomic mass is 10.2. The van der Waals surface area contributed by atoms with Crippen molar-refractivity contribution >= 4 is 17.6 Å². The van der Waals surface area contributed by atoms with E-state index in [0.717, 1.165) is 6.26 Å². The first-order chi connectivity index (χ1) is 9.10. The van der Waals surface area contributed by atoms with Gasteiger partial charge in [-0.2, -0.15) is 5.26 Å². The van der Waals surface area contributed by atoms with Gasteiger partial charge in [-0.1, -0.05) is 11.6 Å². The van der Waals surface area contributed by atoms with E-state index in [0.29, 0.717) is 22.1 Å². The molecule has 0 saturated heterocycles. The zero-order valence-corrected chi connectivity index (χ0v) is 10.3. The molecule has 6 heteroatoms. The number of benzene rings is 1. The van der Waals surface area contributed by atoms with Crippen LogP contribution in [0.4, 0.5) is 0 Å². The molecule has 0 aliphatic rings. The molecule has 0 aliphatic heterocycles. The third kappa shape index (κ3) is 3.06. The predicted octanol–water partition coefficient (Wildman–Crippen LogP) is 3.08. The Morgan fingerprint density at radius 1 is 1.47 bits per heavy atom. The summed E-state index contributed by atoms with van der Waals surface area (Å²) in [5, 5.41) is 17.8. The Hall–Kier alpha value is -2.45. The molecule has 2 rings (SSSR count). The monoisotopic (exact) mass is 277 g/mol. The van der Waals surface area contributed by atoms with Gasteiger partial charge in [0, 0.05) is 6.07 Å². The third-order valence-electron chi connectivity index (χ3n) is 2.34. The highest BCUT2D eigenvalue weighted by Crippen LogP contribution is 2.22. The fourth-order valence-corrected chi connectivity index (χ4v) is 1.61. The van der Waals surface area contributed by atoms with E-state index in [1.807, 2.05) is 6.07 Å². The topological polar surface area (TPSA) is 83.5 Å². The van der Waals surface area contributed by atoms with Gasteiger partial charge in [0.2, 0.25) is 0 Å². The van der Waals surface area contributed by atoms with Crippen LogP contribution in [0.15, 0.2) is 34.9 Å². The van der Waals surface area contributed by atoms with Crippen LogP contribution < -0.4 is 4.74 Å². The van der Waals surface area contributed by atoms with Crippen LogP contribution in [0.2, 0.25) is 5.02 Å². The van der Waals surface area contributed by atoms with E-state index in [4.69, 9.17) is 31.1 Å². The summed E-state index contributed by atoms with van der Waals surface area (Å²) in [7, 11) is 0. The van der Waals surface area contributed by atoms with Crippen molar-refractivity contribution in [3.8, 4) is 11.8 Å². The van der Waals surface area contributed by atoms with Crippen LogP contribution in [0, 0.1) is 11.3 Å². The summed E-state index contributed by atoms with van der Waals surface area (Å²) >= 11 is 5.85. The molecule has 96 valence electrons. The van der Waals surface area contributed by atoms with Crippen LogP contribution in [0.5, 0.6) is 5.75 Å². The molecule has 0 radical (unpaired) electrons. The number of rotatable bonds is 4. The minimum Gasteiger partial charge on any atom is -0.486 e. The number of halogens is 1. The first kappa shape index (κ1) is 13.0. The fraction of sp³-hybridized carbons (Fsp3) is 0.0769. The summed E-state index contributed by atoms with van der Waals surface area (Å²) in [6.07, 6.45) is 1.15. The van der Waals surface area contributed by atoms with Crippen molar-refractivity contribution in [3.63, 3.8) is 0 Å². The van der Waals surface area contributed by atoms with Gasteiger partial charge < -0.3 is 14.3 Å². The van der Waals surface area contributed by atoms with Gasteiger partial charge in [0.1, 0.15) is 30.4 Å². The van der Waals surface area contributed by atoms with E-state index in [2.05, 4.69) is 0 Å². The average Bonchev–Trinajstić information content (AvgIpc) is 2.85. The second kappa shape index (κ2) is 5.46. The predicted molar refractivity (Wildman–Crippen MR) is 66.2 cm³/mol. The highest BCUT2D eigenvalue weighted by Gasteiger charge is 2.09. The lowest BCUT2D eigenvalue weighted by molar-refractivity contribution is 0.0696. The molecule has 2 aromatic rings. The van der Waals surface area contributed by atoms with Gasteiger partial charge >= 0.3 is 5.97 Å². The molecule has 0 fully saturated rings. The Bertz CT molecular complexity index is 657. The Labute approximate surface area is 113 Å². The van der Waals surface area contributed by atoms with Crippen molar-refractivity contribution in [2.75, 3.05) is 0 Å². The molecule has 0 unspecified atom stereocenters. The Morgan fingerprint density at radius 2 is 2.26 bits per heavy atom. The van der Waals surface area contributed by atoms with E-state index < -0.39 is 5.97 Å². The quantitative estimate of drug-likeness (QED) is 0.928. The van der Waals surface area contributed by atoms with Crippen molar-refractivity contribution in [2.24, 2.45) is 0 Å². The lowest BCUT2D eigenvalue weighted by Gasteiger charge is -2.04. The number of carboxylic acid groups (broad SMARTS) is 1. The van der Waals surface area contributed by atoms with Crippen molar-refractivity contribution in [1.29, 1.82) is 5.26 Å². The molecule has 0 saturated carbocycles. The van der Waals surface area contributed by atoms with Crippen LogP contribution in [-0.4, -0.2) is 11.1 Å². The molecular formula is C13H8ClNO4. The zero-order valence-electron chi connectivity index (χ0n) is 9.59. The second-order valence-electron chi connectivity index (χ2n) is 3.65. The number of hydrogen-bond acceptors (Lipinski definition) is 4. The van der Waals surface area contributed by atoms with E-state index in [-0.39, 0.29) is 12.2 Å². The molecule has 1 N–H and O–H groups in total. The molecule has 0 atom stereocenters. The summed E-state index contributed by atoms with van der Waals surface area (Å²) in [6.45, 7) is 0.0789. The maximum absolute atomic E-state index is 10.7. The van der Waals surface area contributed by atoms with Crippen LogP contribution in [0.25, 0.3) is 0 Å². The van der Waals surface area contributed by atoms with Crippen molar-refractivity contribution < 1.29 is 19.1 Å². The Kier molecular flexibility index (Phi) is 3.74. The summed E-state index contributed by atoms with van der Waals surface area (Å²) in [5.74, 6) is -0.202. The molecule has 5 nitrogen and oxygen atoms in total. The molecule has 0 bridgehead atoms. The SMILES string of the molecule is N#Cc1ccc(OCc2cc(C(=O)O)co2)cc1Cl. The molecule has 0 spiro atoms. The van der Waals surface area contributed by atoms with E-state index in [9.17, 15) is 4.79 Å². The number of furan rings is 1. The van der Waals surface area contributed by atoms with Gasteiger partial charge in [-0.3, -0.25) is 0 Å². The van der Waals surface area contributed by atoms with Gasteiger partial charge in [-0.15, -0.1) is 0 Å². The number of carbonyl (C=O) groups is 1. The molecule has 19 heavy (non-hydrogen) atoms. The molecule has 0 amide bonds. The number of nitriles is 1. The fourth-order valence-electron chi connectivity index (χ4n) is 1.40. The molecular weight excluding hydrogens is 270 g/mol. The smallest absolute Gasteiger partial charge is 0.338 e. The van der Waals surface area contributed by atoms with Crippen LogP contribution in [-0.2, 0) is 6.61 Å². The zero-order chi connectivity index (χ0) is 13.8. The molecule has 1 aromatic carbocycles. The summed E-state index contributed by atoms with van der Waals surface area (Å²) < 4.78 is 10.4. The Morgan fingerprint density at radius 3 is 2.84 bits per heavy atom. The van der Waals surface area contributed by atoms with Gasteiger partial charge in [-0.05, 0) is 18.2 Å². The highest BCUT2D eigenvalue weighted by molar-refractivity contribution is 6.31. The standard InChI is InChI=1S/C13H8ClNO4/c14-12-4-10(2-1-8(12)5-15)19-7-11-3-9(6-18-11)13(16)17/h1-4,6H,7H2,(H,16,17). The number of hydrogen-bond donors (Lipinski definition) is 1. The second-order valence-corrected chi connectivity index (χ2v) is 4.06. The van der Waals surface area contributed by atoms with E-state index in [1.54, 1.807) is 12.1 Å². The Balaban J connectivity index is 2.04. The van der Waals surface area contributed by atoms with Crippen LogP contribution in [0.3, 0.4) is 0 Å². The third-order valence-corrected chi connectivity index (χ3v) is 2.66. The van der Waals surface area contributed by atoms with Gasteiger partial charge in [0.25, 0.3) is 0 Å². The number of aromatic carboxylic acids is 1.